The van der Waals surface area contributed by atoms with Crippen LogP contribution in [0.15, 0.2) is 30.5 Å². The van der Waals surface area contributed by atoms with Crippen LogP contribution in [0.4, 0.5) is 14.7 Å². The largest absolute Gasteiger partial charge is 0.388 e. The predicted molar refractivity (Wildman–Crippen MR) is 71.6 cm³/mol. The molecule has 0 saturated heterocycles. The number of aromatic nitrogens is 2. The van der Waals surface area contributed by atoms with E-state index in [4.69, 9.17) is 18.0 Å². The molecule has 0 fully saturated rings. The van der Waals surface area contributed by atoms with E-state index >= 15 is 0 Å². The molecule has 0 spiro atoms. The number of anilines is 1. The van der Waals surface area contributed by atoms with E-state index in [9.17, 15) is 8.78 Å². The van der Waals surface area contributed by atoms with Gasteiger partial charge < -0.3 is 11.1 Å². The summed E-state index contributed by atoms with van der Waals surface area (Å²) in [5, 5.41) is 2.88. The normalized spacial score (nSPS) is 10.2. The molecule has 3 N–H and O–H groups in total. The van der Waals surface area contributed by atoms with Crippen LogP contribution in [-0.2, 0) is 6.54 Å². The summed E-state index contributed by atoms with van der Waals surface area (Å²) in [4.78, 5) is 8.21. The Morgan fingerprint density at radius 2 is 2.05 bits per heavy atom. The number of hydrogen-bond acceptors (Lipinski definition) is 4. The second-order valence-electron chi connectivity index (χ2n) is 3.73. The maximum atomic E-state index is 13.0. The molecule has 1 aromatic heterocycles. The standard InChI is InChI=1S/C12H10F2N4S/c13-8-2-1-7(5-9(8)14)6-17-12-16-4-3-10(18-12)11(15)19/h1-5H,6H2,(H2,15,19)(H,16,17,18). The van der Waals surface area contributed by atoms with Gasteiger partial charge in [-0.2, -0.15) is 0 Å². The van der Waals surface area contributed by atoms with Crippen molar-refractivity contribution in [1.29, 1.82) is 0 Å². The van der Waals surface area contributed by atoms with Crippen LogP contribution in [0.1, 0.15) is 11.3 Å². The third kappa shape index (κ3) is 3.41. The molecule has 0 atom stereocenters. The summed E-state index contributed by atoms with van der Waals surface area (Å²) < 4.78 is 25.8. The van der Waals surface area contributed by atoms with E-state index in [1.54, 1.807) is 6.07 Å². The lowest BCUT2D eigenvalue weighted by Crippen LogP contribution is -2.13. The molecular formula is C12H10F2N4S. The van der Waals surface area contributed by atoms with E-state index in [1.165, 1.54) is 12.3 Å². The van der Waals surface area contributed by atoms with Crippen LogP contribution in [0.3, 0.4) is 0 Å². The van der Waals surface area contributed by atoms with Gasteiger partial charge in [-0.3, -0.25) is 0 Å². The number of benzene rings is 1. The Labute approximate surface area is 113 Å². The van der Waals surface area contributed by atoms with E-state index in [1.807, 2.05) is 0 Å². The summed E-state index contributed by atoms with van der Waals surface area (Å²) in [6.07, 6.45) is 1.51. The summed E-state index contributed by atoms with van der Waals surface area (Å²) in [7, 11) is 0. The van der Waals surface area contributed by atoms with Crippen molar-refractivity contribution in [2.24, 2.45) is 5.73 Å². The fraction of sp³-hybridized carbons (Fsp3) is 0.0833. The fourth-order valence-electron chi connectivity index (χ4n) is 1.41. The van der Waals surface area contributed by atoms with E-state index in [-0.39, 0.29) is 11.5 Å². The van der Waals surface area contributed by atoms with Crippen LogP contribution in [-0.4, -0.2) is 15.0 Å². The number of nitrogens with one attached hydrogen (secondary N) is 1. The van der Waals surface area contributed by atoms with Crippen molar-refractivity contribution in [3.8, 4) is 0 Å². The molecule has 1 heterocycles. The van der Waals surface area contributed by atoms with Crippen LogP contribution in [0.5, 0.6) is 0 Å². The summed E-state index contributed by atoms with van der Waals surface area (Å²) in [5.41, 5.74) is 6.46. The molecule has 0 aliphatic rings. The number of nitrogens with two attached hydrogens (primary N) is 1. The monoisotopic (exact) mass is 280 g/mol. The van der Waals surface area contributed by atoms with Gasteiger partial charge in [-0.1, -0.05) is 18.3 Å². The maximum Gasteiger partial charge on any atom is 0.223 e. The third-order valence-electron chi connectivity index (χ3n) is 2.34. The van der Waals surface area contributed by atoms with Gasteiger partial charge in [0.05, 0.1) is 0 Å². The molecule has 2 aromatic rings. The summed E-state index contributed by atoms with van der Waals surface area (Å²) in [6.45, 7) is 0.262. The average Bonchev–Trinajstić information content (AvgIpc) is 2.40. The van der Waals surface area contributed by atoms with E-state index in [0.717, 1.165) is 12.1 Å². The van der Waals surface area contributed by atoms with Gasteiger partial charge in [0.25, 0.3) is 0 Å². The molecule has 7 heteroatoms. The van der Waals surface area contributed by atoms with Crippen molar-refractivity contribution >= 4 is 23.2 Å². The van der Waals surface area contributed by atoms with Crippen molar-refractivity contribution in [3.05, 3.63) is 53.4 Å². The number of nitrogens with zero attached hydrogens (tertiary/aromatic N) is 2. The first-order valence-corrected chi connectivity index (χ1v) is 5.78. The van der Waals surface area contributed by atoms with Crippen molar-refractivity contribution in [2.75, 3.05) is 5.32 Å². The van der Waals surface area contributed by atoms with E-state index in [0.29, 0.717) is 17.2 Å². The van der Waals surface area contributed by atoms with Gasteiger partial charge in [-0.15, -0.1) is 0 Å². The number of thiocarbonyl (C=S) groups is 1. The Bertz CT molecular complexity index is 618. The Hall–Kier alpha value is -2.15. The lowest BCUT2D eigenvalue weighted by Gasteiger charge is -2.06. The Balaban J connectivity index is 2.07. The topological polar surface area (TPSA) is 63.8 Å². The van der Waals surface area contributed by atoms with Crippen molar-refractivity contribution in [2.45, 2.75) is 6.54 Å². The summed E-state index contributed by atoms with van der Waals surface area (Å²) >= 11 is 4.80. The lowest BCUT2D eigenvalue weighted by molar-refractivity contribution is 0.507. The Morgan fingerprint density at radius 3 is 2.74 bits per heavy atom. The zero-order chi connectivity index (χ0) is 13.8. The molecule has 0 radical (unpaired) electrons. The molecule has 0 aliphatic heterocycles. The summed E-state index contributed by atoms with van der Waals surface area (Å²) in [5.74, 6) is -1.46. The van der Waals surface area contributed by atoms with E-state index < -0.39 is 11.6 Å². The fourth-order valence-corrected chi connectivity index (χ4v) is 1.53. The molecule has 0 amide bonds. The highest BCUT2D eigenvalue weighted by Crippen LogP contribution is 2.10. The van der Waals surface area contributed by atoms with Crippen LogP contribution in [0, 0.1) is 11.6 Å². The summed E-state index contributed by atoms with van der Waals surface area (Å²) in [6, 6.07) is 5.24. The zero-order valence-electron chi connectivity index (χ0n) is 9.73. The number of hydrogen-bond donors (Lipinski definition) is 2. The van der Waals surface area contributed by atoms with Crippen LogP contribution >= 0.6 is 12.2 Å². The van der Waals surface area contributed by atoms with Crippen LogP contribution in [0.25, 0.3) is 0 Å². The number of halogens is 2. The van der Waals surface area contributed by atoms with Crippen LogP contribution in [0.2, 0.25) is 0 Å². The SMILES string of the molecule is NC(=S)c1ccnc(NCc2ccc(F)c(F)c2)n1. The van der Waals surface area contributed by atoms with Gasteiger partial charge in [-0.25, -0.2) is 18.7 Å². The minimum absolute atomic E-state index is 0.165. The Morgan fingerprint density at radius 1 is 1.26 bits per heavy atom. The van der Waals surface area contributed by atoms with Gasteiger partial charge >= 0.3 is 0 Å². The first-order chi connectivity index (χ1) is 9.06. The molecule has 19 heavy (non-hydrogen) atoms. The van der Waals surface area contributed by atoms with Crippen molar-refractivity contribution < 1.29 is 8.78 Å². The molecule has 0 aliphatic carbocycles. The molecule has 1 aromatic carbocycles. The highest BCUT2D eigenvalue weighted by Gasteiger charge is 2.04. The van der Waals surface area contributed by atoms with Crippen molar-refractivity contribution in [1.82, 2.24) is 9.97 Å². The zero-order valence-corrected chi connectivity index (χ0v) is 10.5. The van der Waals surface area contributed by atoms with Gasteiger partial charge in [0.2, 0.25) is 5.95 Å². The van der Waals surface area contributed by atoms with Gasteiger partial charge in [0.1, 0.15) is 10.7 Å². The smallest absolute Gasteiger partial charge is 0.223 e. The average molecular weight is 280 g/mol. The highest BCUT2D eigenvalue weighted by molar-refractivity contribution is 7.80. The molecule has 4 nitrogen and oxygen atoms in total. The van der Waals surface area contributed by atoms with Gasteiger partial charge in [0, 0.05) is 12.7 Å². The quantitative estimate of drug-likeness (QED) is 0.839. The highest BCUT2D eigenvalue weighted by atomic mass is 32.1. The molecule has 0 unspecified atom stereocenters. The first kappa shape index (κ1) is 13.3. The second-order valence-corrected chi connectivity index (χ2v) is 4.17. The van der Waals surface area contributed by atoms with Crippen LogP contribution < -0.4 is 11.1 Å². The van der Waals surface area contributed by atoms with Gasteiger partial charge in [0.15, 0.2) is 11.6 Å². The minimum atomic E-state index is -0.892. The molecule has 98 valence electrons. The Kier molecular flexibility index (Phi) is 3.96. The molecule has 0 bridgehead atoms. The minimum Gasteiger partial charge on any atom is -0.388 e. The molecule has 2 rings (SSSR count). The lowest BCUT2D eigenvalue weighted by atomic mass is 10.2. The first-order valence-electron chi connectivity index (χ1n) is 5.37. The van der Waals surface area contributed by atoms with Gasteiger partial charge in [-0.05, 0) is 23.8 Å². The third-order valence-corrected chi connectivity index (χ3v) is 2.55. The number of rotatable bonds is 4. The second kappa shape index (κ2) is 5.66. The maximum absolute atomic E-state index is 13.0. The predicted octanol–water partition coefficient (Wildman–Crippen LogP) is 2.00. The van der Waals surface area contributed by atoms with Crippen molar-refractivity contribution in [3.63, 3.8) is 0 Å². The molecular weight excluding hydrogens is 270 g/mol. The molecule has 0 saturated carbocycles. The van der Waals surface area contributed by atoms with E-state index in [2.05, 4.69) is 15.3 Å².